The summed E-state index contributed by atoms with van der Waals surface area (Å²) in [7, 11) is 0. The largest absolute Gasteiger partial charge is 0.338 e. The Hall–Kier alpha value is -2.08. The molecule has 1 aromatic rings. The molecule has 1 unspecified atom stereocenters. The van der Waals surface area contributed by atoms with Crippen LogP contribution in [0.1, 0.15) is 44.9 Å². The van der Waals surface area contributed by atoms with E-state index in [0.717, 1.165) is 51.0 Å². The lowest BCUT2D eigenvalue weighted by Gasteiger charge is -2.36. The molecular formula is C21H32N4O2. The second-order valence-electron chi connectivity index (χ2n) is 7.67. The van der Waals surface area contributed by atoms with E-state index in [9.17, 15) is 9.59 Å². The summed E-state index contributed by atoms with van der Waals surface area (Å²) in [6.07, 6.45) is 7.13. The molecular weight excluding hydrogens is 340 g/mol. The number of amides is 3. The van der Waals surface area contributed by atoms with Crippen LogP contribution in [0, 0.1) is 5.92 Å². The molecule has 2 aliphatic rings. The van der Waals surface area contributed by atoms with Crippen molar-refractivity contribution in [3.8, 4) is 0 Å². The minimum absolute atomic E-state index is 0.112. The molecule has 2 fully saturated rings. The van der Waals surface area contributed by atoms with Crippen LogP contribution < -0.4 is 16.0 Å². The first-order valence-electron chi connectivity index (χ1n) is 10.3. The third kappa shape index (κ3) is 6.24. The molecule has 148 valence electrons. The first-order chi connectivity index (χ1) is 13.2. The van der Waals surface area contributed by atoms with Crippen molar-refractivity contribution in [1.29, 1.82) is 0 Å². The zero-order valence-corrected chi connectivity index (χ0v) is 16.1. The van der Waals surface area contributed by atoms with Crippen LogP contribution in [0.25, 0.3) is 0 Å². The Morgan fingerprint density at radius 1 is 1.07 bits per heavy atom. The number of nitrogens with one attached hydrogen (secondary N) is 3. The summed E-state index contributed by atoms with van der Waals surface area (Å²) in [5.74, 6) is 0.928. The standard InChI is InChI=1S/C21H32N4O2/c26-20(10-9-17-11-13-22-14-12-17)25-15-5-4-8-19(25)16-23-21(27)24-18-6-2-1-3-7-18/h1-3,6-7,17,19,22H,4-5,8-16H2,(H2,23,24,27). The number of para-hydroxylation sites is 1. The van der Waals surface area contributed by atoms with Gasteiger partial charge < -0.3 is 20.9 Å². The number of anilines is 1. The minimum atomic E-state index is -0.214. The van der Waals surface area contributed by atoms with E-state index in [1.807, 2.05) is 35.2 Å². The summed E-state index contributed by atoms with van der Waals surface area (Å²) >= 11 is 0. The molecule has 0 aromatic heterocycles. The predicted octanol–water partition coefficient (Wildman–Crippen LogP) is 2.97. The number of carbonyl (C=O) groups excluding carboxylic acids is 2. The van der Waals surface area contributed by atoms with Crippen LogP contribution in [0.4, 0.5) is 10.5 Å². The van der Waals surface area contributed by atoms with E-state index in [-0.39, 0.29) is 18.0 Å². The van der Waals surface area contributed by atoms with Gasteiger partial charge in [-0.15, -0.1) is 0 Å². The van der Waals surface area contributed by atoms with Crippen LogP contribution in [0.2, 0.25) is 0 Å². The molecule has 2 aliphatic heterocycles. The molecule has 27 heavy (non-hydrogen) atoms. The predicted molar refractivity (Wildman–Crippen MR) is 108 cm³/mol. The van der Waals surface area contributed by atoms with E-state index in [1.165, 1.54) is 12.8 Å². The maximum absolute atomic E-state index is 12.8. The number of urea groups is 1. The number of nitrogens with zero attached hydrogens (tertiary/aromatic N) is 1. The summed E-state index contributed by atoms with van der Waals surface area (Å²) in [6.45, 7) is 3.48. The summed E-state index contributed by atoms with van der Waals surface area (Å²) < 4.78 is 0. The van der Waals surface area contributed by atoms with Crippen molar-refractivity contribution in [3.05, 3.63) is 30.3 Å². The Bertz CT molecular complexity index is 601. The highest BCUT2D eigenvalue weighted by Crippen LogP contribution is 2.22. The van der Waals surface area contributed by atoms with Crippen molar-refractivity contribution >= 4 is 17.6 Å². The van der Waals surface area contributed by atoms with E-state index < -0.39 is 0 Å². The van der Waals surface area contributed by atoms with Gasteiger partial charge in [0, 0.05) is 31.2 Å². The number of likely N-dealkylation sites (tertiary alicyclic amines) is 1. The fourth-order valence-electron chi connectivity index (χ4n) is 4.09. The lowest BCUT2D eigenvalue weighted by molar-refractivity contribution is -0.135. The van der Waals surface area contributed by atoms with Crippen LogP contribution in [-0.2, 0) is 4.79 Å². The van der Waals surface area contributed by atoms with E-state index in [2.05, 4.69) is 16.0 Å². The Labute approximate surface area is 162 Å². The number of hydrogen-bond donors (Lipinski definition) is 3. The summed E-state index contributed by atoms with van der Waals surface area (Å²) in [4.78, 5) is 26.9. The molecule has 3 amide bonds. The quantitative estimate of drug-likeness (QED) is 0.719. The molecule has 1 atom stereocenters. The number of rotatable bonds is 6. The van der Waals surface area contributed by atoms with Crippen molar-refractivity contribution < 1.29 is 9.59 Å². The SMILES string of the molecule is O=C(NCC1CCCCN1C(=O)CCC1CCNCC1)Nc1ccccc1. The molecule has 6 nitrogen and oxygen atoms in total. The van der Waals surface area contributed by atoms with Crippen molar-refractivity contribution in [2.75, 3.05) is 31.5 Å². The first kappa shape index (κ1) is 19.7. The van der Waals surface area contributed by atoms with Gasteiger partial charge in [-0.1, -0.05) is 18.2 Å². The van der Waals surface area contributed by atoms with E-state index >= 15 is 0 Å². The highest BCUT2D eigenvalue weighted by Gasteiger charge is 2.27. The normalized spacial score (nSPS) is 20.9. The monoisotopic (exact) mass is 372 g/mol. The van der Waals surface area contributed by atoms with Crippen LogP contribution in [-0.4, -0.2) is 49.1 Å². The Kier molecular flexibility index (Phi) is 7.51. The molecule has 0 aliphatic carbocycles. The molecule has 0 saturated carbocycles. The maximum atomic E-state index is 12.8. The maximum Gasteiger partial charge on any atom is 0.319 e. The van der Waals surface area contributed by atoms with E-state index in [4.69, 9.17) is 0 Å². The van der Waals surface area contributed by atoms with E-state index in [1.54, 1.807) is 0 Å². The molecule has 0 bridgehead atoms. The van der Waals surface area contributed by atoms with Gasteiger partial charge in [0.2, 0.25) is 5.91 Å². The highest BCUT2D eigenvalue weighted by molar-refractivity contribution is 5.89. The fraction of sp³-hybridized carbons (Fsp3) is 0.619. The van der Waals surface area contributed by atoms with Gasteiger partial charge in [-0.3, -0.25) is 4.79 Å². The van der Waals surface area contributed by atoms with Crippen LogP contribution >= 0.6 is 0 Å². The van der Waals surface area contributed by atoms with Gasteiger partial charge in [0.15, 0.2) is 0 Å². The van der Waals surface area contributed by atoms with Crippen molar-refractivity contribution in [1.82, 2.24) is 15.5 Å². The van der Waals surface area contributed by atoms with Crippen LogP contribution in [0.3, 0.4) is 0 Å². The second kappa shape index (κ2) is 10.3. The average Bonchev–Trinajstić information content (AvgIpc) is 2.72. The zero-order valence-electron chi connectivity index (χ0n) is 16.1. The molecule has 3 N–H and O–H groups in total. The molecule has 2 heterocycles. The van der Waals surface area contributed by atoms with Crippen LogP contribution in [0.5, 0.6) is 0 Å². The molecule has 6 heteroatoms. The number of piperidine rings is 2. The summed E-state index contributed by atoms with van der Waals surface area (Å²) in [5, 5.41) is 9.15. The minimum Gasteiger partial charge on any atom is -0.338 e. The van der Waals surface area contributed by atoms with Gasteiger partial charge in [0.1, 0.15) is 0 Å². The fourth-order valence-corrected chi connectivity index (χ4v) is 4.09. The summed E-state index contributed by atoms with van der Waals surface area (Å²) in [5.41, 5.74) is 0.772. The van der Waals surface area contributed by atoms with Crippen molar-refractivity contribution in [3.63, 3.8) is 0 Å². The van der Waals surface area contributed by atoms with Gasteiger partial charge in [0.05, 0.1) is 0 Å². The lowest BCUT2D eigenvalue weighted by Crippen LogP contribution is -2.50. The lowest BCUT2D eigenvalue weighted by atomic mass is 9.92. The number of hydrogen-bond acceptors (Lipinski definition) is 3. The van der Waals surface area contributed by atoms with Gasteiger partial charge in [-0.2, -0.15) is 0 Å². The molecule has 0 spiro atoms. The van der Waals surface area contributed by atoms with Gasteiger partial charge in [-0.25, -0.2) is 4.79 Å². The third-order valence-corrected chi connectivity index (χ3v) is 5.70. The van der Waals surface area contributed by atoms with Gasteiger partial charge in [0.25, 0.3) is 0 Å². The molecule has 2 saturated heterocycles. The third-order valence-electron chi connectivity index (χ3n) is 5.70. The molecule has 3 rings (SSSR count). The summed E-state index contributed by atoms with van der Waals surface area (Å²) in [6, 6.07) is 9.31. The molecule has 1 aromatic carbocycles. The Morgan fingerprint density at radius 3 is 2.63 bits per heavy atom. The molecule has 0 radical (unpaired) electrons. The van der Waals surface area contributed by atoms with Gasteiger partial charge in [-0.05, 0) is 69.7 Å². The smallest absolute Gasteiger partial charge is 0.319 e. The number of benzene rings is 1. The second-order valence-corrected chi connectivity index (χ2v) is 7.67. The average molecular weight is 373 g/mol. The highest BCUT2D eigenvalue weighted by atomic mass is 16.2. The zero-order chi connectivity index (χ0) is 18.9. The van der Waals surface area contributed by atoms with E-state index in [0.29, 0.717) is 18.9 Å². The van der Waals surface area contributed by atoms with Crippen molar-refractivity contribution in [2.45, 2.75) is 51.0 Å². The Morgan fingerprint density at radius 2 is 1.85 bits per heavy atom. The first-order valence-corrected chi connectivity index (χ1v) is 10.3. The number of carbonyl (C=O) groups is 2. The van der Waals surface area contributed by atoms with Gasteiger partial charge >= 0.3 is 6.03 Å². The van der Waals surface area contributed by atoms with Crippen molar-refractivity contribution in [2.24, 2.45) is 5.92 Å². The topological polar surface area (TPSA) is 73.5 Å². The Balaban J connectivity index is 1.44. The van der Waals surface area contributed by atoms with Crippen LogP contribution in [0.15, 0.2) is 30.3 Å².